The van der Waals surface area contributed by atoms with Crippen LogP contribution in [0.1, 0.15) is 31.3 Å². The Morgan fingerprint density at radius 2 is 2.00 bits per heavy atom. The molecule has 0 saturated heterocycles. The van der Waals surface area contributed by atoms with Gasteiger partial charge in [-0.05, 0) is 21.8 Å². The average Bonchev–Trinajstić information content (AvgIpc) is 2.07. The van der Waals surface area contributed by atoms with Gasteiger partial charge in [0, 0.05) is 6.26 Å². The van der Waals surface area contributed by atoms with Crippen LogP contribution in [0.3, 0.4) is 0 Å². The number of hydrogen-bond donors (Lipinski definition) is 1. The van der Waals surface area contributed by atoms with Gasteiger partial charge in [-0.2, -0.15) is 0 Å². The molecule has 0 amide bonds. The summed E-state index contributed by atoms with van der Waals surface area (Å²) in [6.07, 6.45) is 1.10. The summed E-state index contributed by atoms with van der Waals surface area (Å²) in [5.41, 5.74) is 0.222. The molecule has 1 heterocycles. The number of H-pyrrole nitrogens is 1. The van der Waals surface area contributed by atoms with Gasteiger partial charge in [0.05, 0.1) is 5.69 Å². The second-order valence-electron chi connectivity index (χ2n) is 3.94. The van der Waals surface area contributed by atoms with Crippen LogP contribution in [0.5, 0.6) is 0 Å². The quantitative estimate of drug-likeness (QED) is 0.910. The summed E-state index contributed by atoms with van der Waals surface area (Å²) in [7, 11) is -3.20. The Morgan fingerprint density at radius 3 is 2.44 bits per heavy atom. The van der Waals surface area contributed by atoms with Crippen LogP contribution in [0.25, 0.3) is 0 Å². The van der Waals surface area contributed by atoms with Crippen molar-refractivity contribution in [2.75, 3.05) is 6.26 Å². The van der Waals surface area contributed by atoms with Crippen LogP contribution in [0.2, 0.25) is 0 Å². The molecule has 0 bridgehead atoms. The summed E-state index contributed by atoms with van der Waals surface area (Å²) >= 11 is 3.14. The third kappa shape index (κ3) is 3.41. The van der Waals surface area contributed by atoms with Crippen molar-refractivity contribution in [2.24, 2.45) is 0 Å². The van der Waals surface area contributed by atoms with Gasteiger partial charge in [-0.1, -0.05) is 13.8 Å². The minimum atomic E-state index is -3.20. The molecule has 5 nitrogen and oxygen atoms in total. The van der Waals surface area contributed by atoms with Crippen molar-refractivity contribution in [3.8, 4) is 0 Å². The minimum absolute atomic E-state index is 0.0509. The SMILES string of the molecule is CC(C)c1nc(CS(C)(=O)=O)[nH]c(=O)c1Br. The second-order valence-corrected chi connectivity index (χ2v) is 6.87. The molecule has 0 aromatic carbocycles. The number of hydrogen-bond acceptors (Lipinski definition) is 4. The third-order valence-corrected chi connectivity index (χ3v) is 3.45. The topological polar surface area (TPSA) is 79.9 Å². The van der Waals surface area contributed by atoms with Gasteiger partial charge in [0.2, 0.25) is 0 Å². The third-order valence-electron chi connectivity index (χ3n) is 1.88. The summed E-state index contributed by atoms with van der Waals surface area (Å²) in [6.45, 7) is 3.77. The number of nitrogens with zero attached hydrogens (tertiary/aromatic N) is 1. The maximum Gasteiger partial charge on any atom is 0.265 e. The van der Waals surface area contributed by atoms with Crippen molar-refractivity contribution in [3.05, 3.63) is 26.3 Å². The van der Waals surface area contributed by atoms with E-state index in [2.05, 4.69) is 25.9 Å². The van der Waals surface area contributed by atoms with Crippen LogP contribution in [0, 0.1) is 0 Å². The number of halogens is 1. The molecule has 7 heteroatoms. The molecule has 1 rings (SSSR count). The van der Waals surface area contributed by atoms with Gasteiger partial charge in [0.25, 0.3) is 5.56 Å². The fraction of sp³-hybridized carbons (Fsp3) is 0.556. The van der Waals surface area contributed by atoms with Gasteiger partial charge in [0.1, 0.15) is 16.0 Å². The second kappa shape index (κ2) is 4.67. The Bertz CT molecular complexity index is 548. The first-order chi connectivity index (χ1) is 7.20. The summed E-state index contributed by atoms with van der Waals surface area (Å²) in [5.74, 6) is -0.0238. The van der Waals surface area contributed by atoms with E-state index >= 15 is 0 Å². The maximum atomic E-state index is 11.5. The minimum Gasteiger partial charge on any atom is -0.309 e. The van der Waals surface area contributed by atoms with Crippen LogP contribution >= 0.6 is 15.9 Å². The van der Waals surface area contributed by atoms with E-state index in [-0.39, 0.29) is 23.1 Å². The Morgan fingerprint density at radius 1 is 1.44 bits per heavy atom. The Balaban J connectivity index is 3.30. The highest BCUT2D eigenvalue weighted by atomic mass is 79.9. The fourth-order valence-electron chi connectivity index (χ4n) is 1.22. The predicted molar refractivity (Wildman–Crippen MR) is 65.2 cm³/mol. The maximum absolute atomic E-state index is 11.5. The van der Waals surface area contributed by atoms with Crippen molar-refractivity contribution in [1.82, 2.24) is 9.97 Å². The van der Waals surface area contributed by atoms with E-state index in [1.54, 1.807) is 0 Å². The van der Waals surface area contributed by atoms with E-state index in [0.29, 0.717) is 10.2 Å². The smallest absolute Gasteiger partial charge is 0.265 e. The molecule has 1 aromatic rings. The molecule has 1 aromatic heterocycles. The molecule has 0 fully saturated rings. The zero-order valence-electron chi connectivity index (χ0n) is 9.24. The van der Waals surface area contributed by atoms with Crippen LogP contribution in [0.4, 0.5) is 0 Å². The molecule has 0 aliphatic carbocycles. The first-order valence-corrected chi connectivity index (χ1v) is 7.52. The van der Waals surface area contributed by atoms with Crippen molar-refractivity contribution >= 4 is 25.8 Å². The number of aromatic nitrogens is 2. The molecular formula is C9H13BrN2O3S. The van der Waals surface area contributed by atoms with Crippen LogP contribution in [0.15, 0.2) is 9.27 Å². The zero-order valence-corrected chi connectivity index (χ0v) is 11.6. The normalized spacial score (nSPS) is 12.1. The molecule has 0 aliphatic rings. The standard InChI is InChI=1S/C9H13BrN2O3S/c1-5(2)8-7(10)9(13)12-6(11-8)4-16(3,14)15/h5H,4H2,1-3H3,(H,11,12,13). The molecule has 0 spiro atoms. The predicted octanol–water partition coefficient (Wildman–Crippen LogP) is 1.20. The fourth-order valence-corrected chi connectivity index (χ4v) is 2.50. The summed E-state index contributed by atoms with van der Waals surface area (Å²) in [4.78, 5) is 18.1. The van der Waals surface area contributed by atoms with Crippen LogP contribution in [-0.4, -0.2) is 24.6 Å². The number of rotatable bonds is 3. The van der Waals surface area contributed by atoms with Crippen molar-refractivity contribution in [3.63, 3.8) is 0 Å². The largest absolute Gasteiger partial charge is 0.309 e. The molecule has 16 heavy (non-hydrogen) atoms. The lowest BCUT2D eigenvalue weighted by molar-refractivity contribution is 0.599. The molecule has 0 atom stereocenters. The monoisotopic (exact) mass is 308 g/mol. The van der Waals surface area contributed by atoms with E-state index in [1.807, 2.05) is 13.8 Å². The first-order valence-electron chi connectivity index (χ1n) is 4.67. The van der Waals surface area contributed by atoms with Gasteiger partial charge in [-0.25, -0.2) is 13.4 Å². The molecule has 0 saturated carbocycles. The Hall–Kier alpha value is -0.690. The van der Waals surface area contributed by atoms with E-state index in [1.165, 1.54) is 0 Å². The summed E-state index contributed by atoms with van der Waals surface area (Å²) in [5, 5.41) is 0. The number of aromatic amines is 1. The van der Waals surface area contributed by atoms with Crippen molar-refractivity contribution < 1.29 is 8.42 Å². The number of sulfone groups is 1. The Labute approximate surface area is 102 Å². The molecule has 90 valence electrons. The highest BCUT2D eigenvalue weighted by Crippen LogP contribution is 2.18. The molecule has 0 unspecified atom stereocenters. The first kappa shape index (κ1) is 13.4. The summed E-state index contributed by atoms with van der Waals surface area (Å²) in [6, 6.07) is 0. The highest BCUT2D eigenvalue weighted by Gasteiger charge is 2.14. The lowest BCUT2D eigenvalue weighted by Crippen LogP contribution is -2.18. The summed E-state index contributed by atoms with van der Waals surface area (Å²) < 4.78 is 22.6. The van der Waals surface area contributed by atoms with Gasteiger partial charge in [-0.15, -0.1) is 0 Å². The van der Waals surface area contributed by atoms with Crippen LogP contribution < -0.4 is 5.56 Å². The molecule has 1 N–H and O–H groups in total. The van der Waals surface area contributed by atoms with Crippen molar-refractivity contribution in [1.29, 1.82) is 0 Å². The van der Waals surface area contributed by atoms with E-state index in [0.717, 1.165) is 6.26 Å². The highest BCUT2D eigenvalue weighted by molar-refractivity contribution is 9.10. The molecule has 0 radical (unpaired) electrons. The lowest BCUT2D eigenvalue weighted by atomic mass is 10.1. The van der Waals surface area contributed by atoms with E-state index < -0.39 is 9.84 Å². The van der Waals surface area contributed by atoms with Gasteiger partial charge in [-0.3, -0.25) is 4.79 Å². The Kier molecular flexibility index (Phi) is 3.90. The van der Waals surface area contributed by atoms with Crippen molar-refractivity contribution in [2.45, 2.75) is 25.5 Å². The van der Waals surface area contributed by atoms with E-state index in [9.17, 15) is 13.2 Å². The van der Waals surface area contributed by atoms with Gasteiger partial charge < -0.3 is 4.98 Å². The molecular weight excluding hydrogens is 296 g/mol. The van der Waals surface area contributed by atoms with Crippen LogP contribution in [-0.2, 0) is 15.6 Å². The number of nitrogens with one attached hydrogen (secondary N) is 1. The van der Waals surface area contributed by atoms with Gasteiger partial charge in [0.15, 0.2) is 9.84 Å². The molecule has 0 aliphatic heterocycles. The average molecular weight is 309 g/mol. The lowest BCUT2D eigenvalue weighted by Gasteiger charge is -2.08. The van der Waals surface area contributed by atoms with Gasteiger partial charge >= 0.3 is 0 Å². The zero-order chi connectivity index (χ0) is 12.5. The van der Waals surface area contributed by atoms with E-state index in [4.69, 9.17) is 0 Å².